The fourth-order valence-corrected chi connectivity index (χ4v) is 2.07. The molecule has 14 heavy (non-hydrogen) atoms. The third kappa shape index (κ3) is 1.07. The molecule has 1 atom stereocenters. The molecule has 0 heterocycles. The van der Waals surface area contributed by atoms with Crippen LogP contribution in [-0.2, 0) is 4.79 Å². The molecule has 2 nitrogen and oxygen atoms in total. The summed E-state index contributed by atoms with van der Waals surface area (Å²) in [6.07, 6.45) is 3.42. The second kappa shape index (κ2) is 2.47. The molecule has 1 unspecified atom stereocenters. The van der Waals surface area contributed by atoms with Gasteiger partial charge in [0.1, 0.15) is 5.75 Å². The highest BCUT2D eigenvalue weighted by Crippen LogP contribution is 2.54. The molecule has 0 radical (unpaired) electrons. The zero-order valence-corrected chi connectivity index (χ0v) is 7.91. The first-order valence-corrected chi connectivity index (χ1v) is 4.77. The Hall–Kier alpha value is -1.57. The standard InChI is InChI=1S/C12H10O2/c1-7(13)14-10-2-3-11-8(5-10)4-9-6-12(9)11/h2-5,12H,6H2,1H3. The lowest BCUT2D eigenvalue weighted by Gasteiger charge is -2.04. The predicted octanol–water partition coefficient (Wildman–Crippen LogP) is 2.50. The molecule has 0 saturated heterocycles. The van der Waals surface area contributed by atoms with Crippen molar-refractivity contribution in [2.75, 3.05) is 0 Å². The quantitative estimate of drug-likeness (QED) is 0.497. The number of allylic oxidation sites excluding steroid dienone is 1. The van der Waals surface area contributed by atoms with Gasteiger partial charge in [0.15, 0.2) is 0 Å². The third-order valence-electron chi connectivity index (χ3n) is 2.76. The number of carbonyl (C=O) groups is 1. The van der Waals surface area contributed by atoms with Gasteiger partial charge in [-0.25, -0.2) is 0 Å². The van der Waals surface area contributed by atoms with Crippen molar-refractivity contribution in [3.8, 4) is 5.75 Å². The zero-order chi connectivity index (χ0) is 9.71. The molecule has 0 amide bonds. The van der Waals surface area contributed by atoms with Gasteiger partial charge in [0.05, 0.1) is 0 Å². The Morgan fingerprint density at radius 1 is 1.50 bits per heavy atom. The van der Waals surface area contributed by atoms with Gasteiger partial charge in [-0.2, -0.15) is 0 Å². The number of carbonyl (C=O) groups excluding carboxylic acids is 1. The average Bonchev–Trinajstić information content (AvgIpc) is 2.77. The van der Waals surface area contributed by atoms with E-state index in [4.69, 9.17) is 4.74 Å². The molecule has 1 saturated carbocycles. The zero-order valence-electron chi connectivity index (χ0n) is 7.91. The average molecular weight is 186 g/mol. The molecule has 2 heteroatoms. The fourth-order valence-electron chi connectivity index (χ4n) is 2.07. The van der Waals surface area contributed by atoms with Crippen molar-refractivity contribution >= 4 is 12.0 Å². The number of hydrogen-bond acceptors (Lipinski definition) is 2. The van der Waals surface area contributed by atoms with E-state index in [0.717, 1.165) is 0 Å². The van der Waals surface area contributed by atoms with Crippen LogP contribution in [0.5, 0.6) is 5.75 Å². The highest BCUT2D eigenvalue weighted by atomic mass is 16.5. The van der Waals surface area contributed by atoms with E-state index < -0.39 is 0 Å². The number of rotatable bonds is 1. The van der Waals surface area contributed by atoms with Crippen LogP contribution in [-0.4, -0.2) is 5.97 Å². The summed E-state index contributed by atoms with van der Waals surface area (Å²) in [4.78, 5) is 10.7. The first kappa shape index (κ1) is 7.80. The minimum atomic E-state index is -0.263. The van der Waals surface area contributed by atoms with Crippen LogP contribution in [0.3, 0.4) is 0 Å². The lowest BCUT2D eigenvalue weighted by Crippen LogP contribution is -2.01. The van der Waals surface area contributed by atoms with Crippen LogP contribution in [0.2, 0.25) is 0 Å². The Balaban J connectivity index is 1.97. The maximum atomic E-state index is 10.7. The molecule has 1 aromatic carbocycles. The van der Waals surface area contributed by atoms with Crippen LogP contribution in [0.25, 0.3) is 6.08 Å². The normalized spacial score (nSPS) is 20.9. The predicted molar refractivity (Wildman–Crippen MR) is 53.1 cm³/mol. The Morgan fingerprint density at radius 3 is 3.14 bits per heavy atom. The molecular formula is C12H10O2. The first-order chi connectivity index (χ1) is 6.74. The summed E-state index contributed by atoms with van der Waals surface area (Å²) in [5.41, 5.74) is 4.12. The number of ether oxygens (including phenoxy) is 1. The van der Waals surface area contributed by atoms with Gasteiger partial charge in [0, 0.05) is 12.8 Å². The summed E-state index contributed by atoms with van der Waals surface area (Å²) in [7, 11) is 0. The summed E-state index contributed by atoms with van der Waals surface area (Å²) in [5.74, 6) is 1.06. The minimum absolute atomic E-state index is 0.263. The summed E-state index contributed by atoms with van der Waals surface area (Å²) in [6, 6.07) is 5.88. The van der Waals surface area contributed by atoms with Gasteiger partial charge >= 0.3 is 5.97 Å². The molecule has 2 aliphatic carbocycles. The Bertz CT molecular complexity index is 457. The van der Waals surface area contributed by atoms with Crippen molar-refractivity contribution in [1.82, 2.24) is 0 Å². The molecule has 0 bridgehead atoms. The van der Waals surface area contributed by atoms with Crippen molar-refractivity contribution in [3.63, 3.8) is 0 Å². The van der Waals surface area contributed by atoms with E-state index >= 15 is 0 Å². The molecular weight excluding hydrogens is 176 g/mol. The molecule has 70 valence electrons. The van der Waals surface area contributed by atoms with Gasteiger partial charge in [-0.05, 0) is 29.7 Å². The van der Waals surface area contributed by atoms with Gasteiger partial charge in [-0.15, -0.1) is 0 Å². The van der Waals surface area contributed by atoms with Crippen LogP contribution in [0.4, 0.5) is 0 Å². The molecule has 0 spiro atoms. The first-order valence-electron chi connectivity index (χ1n) is 4.77. The topological polar surface area (TPSA) is 26.3 Å². The number of fused-ring (bicyclic) bond motifs is 3. The molecule has 0 aromatic heterocycles. The van der Waals surface area contributed by atoms with Crippen LogP contribution >= 0.6 is 0 Å². The Labute approximate surface area is 82.2 Å². The third-order valence-corrected chi connectivity index (χ3v) is 2.76. The van der Waals surface area contributed by atoms with Crippen molar-refractivity contribution in [2.45, 2.75) is 19.3 Å². The van der Waals surface area contributed by atoms with Gasteiger partial charge in [0.25, 0.3) is 0 Å². The van der Waals surface area contributed by atoms with Crippen LogP contribution < -0.4 is 4.74 Å². The lowest BCUT2D eigenvalue weighted by atomic mass is 10.1. The highest BCUT2D eigenvalue weighted by Gasteiger charge is 2.37. The molecule has 3 rings (SSSR count). The Kier molecular flexibility index (Phi) is 1.38. The molecule has 1 fully saturated rings. The van der Waals surface area contributed by atoms with E-state index in [1.807, 2.05) is 12.1 Å². The van der Waals surface area contributed by atoms with Crippen LogP contribution in [0.15, 0.2) is 23.8 Å². The largest absolute Gasteiger partial charge is 0.427 e. The second-order valence-electron chi connectivity index (χ2n) is 3.86. The summed E-state index contributed by atoms with van der Waals surface area (Å²) in [5, 5.41) is 0. The van der Waals surface area contributed by atoms with Crippen molar-refractivity contribution in [1.29, 1.82) is 0 Å². The van der Waals surface area contributed by atoms with E-state index in [0.29, 0.717) is 11.7 Å². The minimum Gasteiger partial charge on any atom is -0.427 e. The van der Waals surface area contributed by atoms with E-state index in [-0.39, 0.29) is 5.97 Å². The van der Waals surface area contributed by atoms with Crippen molar-refractivity contribution in [3.05, 3.63) is 34.9 Å². The summed E-state index contributed by atoms with van der Waals surface area (Å²) >= 11 is 0. The van der Waals surface area contributed by atoms with Crippen LogP contribution in [0.1, 0.15) is 30.4 Å². The highest BCUT2D eigenvalue weighted by molar-refractivity contribution is 5.75. The summed E-state index contributed by atoms with van der Waals surface area (Å²) < 4.78 is 5.02. The SMILES string of the molecule is CC(=O)Oc1ccc2c(c1)C=C1CC12. The number of benzene rings is 1. The van der Waals surface area contributed by atoms with E-state index in [9.17, 15) is 4.79 Å². The molecule has 1 aromatic rings. The molecule has 2 aliphatic rings. The van der Waals surface area contributed by atoms with Crippen LogP contribution in [0, 0.1) is 0 Å². The number of hydrogen-bond donors (Lipinski definition) is 0. The maximum absolute atomic E-state index is 10.7. The van der Waals surface area contributed by atoms with Gasteiger partial charge < -0.3 is 4.74 Å². The smallest absolute Gasteiger partial charge is 0.308 e. The molecule has 0 N–H and O–H groups in total. The lowest BCUT2D eigenvalue weighted by molar-refractivity contribution is -0.131. The van der Waals surface area contributed by atoms with E-state index in [1.165, 1.54) is 30.0 Å². The second-order valence-corrected chi connectivity index (χ2v) is 3.86. The summed E-state index contributed by atoms with van der Waals surface area (Å²) in [6.45, 7) is 1.42. The van der Waals surface area contributed by atoms with Gasteiger partial charge in [-0.1, -0.05) is 17.7 Å². The van der Waals surface area contributed by atoms with Crippen molar-refractivity contribution < 1.29 is 9.53 Å². The van der Waals surface area contributed by atoms with Gasteiger partial charge in [-0.3, -0.25) is 4.79 Å². The fraction of sp³-hybridized carbons (Fsp3) is 0.250. The van der Waals surface area contributed by atoms with E-state index in [2.05, 4.69) is 12.1 Å². The van der Waals surface area contributed by atoms with E-state index in [1.54, 1.807) is 0 Å². The monoisotopic (exact) mass is 186 g/mol. The van der Waals surface area contributed by atoms with Crippen molar-refractivity contribution in [2.24, 2.45) is 0 Å². The number of esters is 1. The molecule has 0 aliphatic heterocycles. The Morgan fingerprint density at radius 2 is 2.36 bits per heavy atom. The van der Waals surface area contributed by atoms with Gasteiger partial charge in [0.2, 0.25) is 0 Å². The maximum Gasteiger partial charge on any atom is 0.308 e.